The van der Waals surface area contributed by atoms with E-state index >= 15 is 0 Å². The van der Waals surface area contributed by atoms with E-state index < -0.39 is 0 Å². The molecule has 1 aromatic carbocycles. The Bertz CT molecular complexity index is 331. The van der Waals surface area contributed by atoms with Crippen molar-refractivity contribution in [2.45, 2.75) is 45.3 Å². The second-order valence-corrected chi connectivity index (χ2v) is 4.63. The molecular formula is C14H21NO. The van der Waals surface area contributed by atoms with Crippen LogP contribution in [0.15, 0.2) is 24.3 Å². The first-order valence-corrected chi connectivity index (χ1v) is 6.25. The maximum absolute atomic E-state index is 5.95. The smallest absolute Gasteiger partial charge is 0.122 e. The quantitative estimate of drug-likeness (QED) is 0.822. The normalized spacial score (nSPS) is 23.9. The van der Waals surface area contributed by atoms with Crippen LogP contribution in [-0.4, -0.2) is 18.7 Å². The molecule has 16 heavy (non-hydrogen) atoms. The standard InChI is InChI=1S/C14H21NO/c1-3-8-15-12-9-13(10-12)16-14-7-5-4-6-11(14)2/h4-7,12-13,15H,3,8-10H2,1-2H3. The largest absolute Gasteiger partial charge is 0.490 e. The van der Waals surface area contributed by atoms with Crippen molar-refractivity contribution in [3.63, 3.8) is 0 Å². The Morgan fingerprint density at radius 1 is 1.31 bits per heavy atom. The van der Waals surface area contributed by atoms with E-state index in [0.29, 0.717) is 12.1 Å². The van der Waals surface area contributed by atoms with Crippen LogP contribution in [-0.2, 0) is 0 Å². The maximum atomic E-state index is 5.95. The molecule has 0 atom stereocenters. The summed E-state index contributed by atoms with van der Waals surface area (Å²) in [4.78, 5) is 0. The predicted molar refractivity (Wildman–Crippen MR) is 66.9 cm³/mol. The highest BCUT2D eigenvalue weighted by atomic mass is 16.5. The first kappa shape index (κ1) is 11.5. The van der Waals surface area contributed by atoms with Gasteiger partial charge in [0.1, 0.15) is 11.9 Å². The van der Waals surface area contributed by atoms with Crippen LogP contribution in [0.3, 0.4) is 0 Å². The molecule has 0 aromatic heterocycles. The van der Waals surface area contributed by atoms with Crippen LogP contribution < -0.4 is 10.1 Å². The number of hydrogen-bond acceptors (Lipinski definition) is 2. The fraction of sp³-hybridized carbons (Fsp3) is 0.571. The Kier molecular flexibility index (Phi) is 3.83. The van der Waals surface area contributed by atoms with E-state index in [0.717, 1.165) is 25.1 Å². The van der Waals surface area contributed by atoms with Crippen LogP contribution >= 0.6 is 0 Å². The molecule has 1 saturated carbocycles. The van der Waals surface area contributed by atoms with Gasteiger partial charge in [0, 0.05) is 6.04 Å². The zero-order chi connectivity index (χ0) is 11.4. The monoisotopic (exact) mass is 219 g/mol. The van der Waals surface area contributed by atoms with Gasteiger partial charge in [0.05, 0.1) is 0 Å². The summed E-state index contributed by atoms with van der Waals surface area (Å²) < 4.78 is 5.95. The van der Waals surface area contributed by atoms with Gasteiger partial charge in [-0.15, -0.1) is 0 Å². The van der Waals surface area contributed by atoms with Gasteiger partial charge in [-0.05, 0) is 44.4 Å². The van der Waals surface area contributed by atoms with Gasteiger partial charge >= 0.3 is 0 Å². The molecule has 1 aliphatic carbocycles. The second kappa shape index (κ2) is 5.35. The van der Waals surface area contributed by atoms with Crippen molar-refractivity contribution in [3.8, 4) is 5.75 Å². The molecule has 0 bridgehead atoms. The van der Waals surface area contributed by atoms with Crippen LogP contribution in [0.1, 0.15) is 31.7 Å². The molecule has 2 rings (SSSR count). The summed E-state index contributed by atoms with van der Waals surface area (Å²) in [6.07, 6.45) is 3.91. The lowest BCUT2D eigenvalue weighted by atomic mass is 9.89. The Morgan fingerprint density at radius 3 is 2.75 bits per heavy atom. The predicted octanol–water partition coefficient (Wildman–Crippen LogP) is 2.90. The molecule has 1 fully saturated rings. The van der Waals surface area contributed by atoms with E-state index in [4.69, 9.17) is 4.74 Å². The summed E-state index contributed by atoms with van der Waals surface area (Å²) in [5.41, 5.74) is 1.23. The Balaban J connectivity index is 1.75. The van der Waals surface area contributed by atoms with E-state index in [1.54, 1.807) is 0 Å². The first-order chi connectivity index (χ1) is 7.79. The van der Waals surface area contributed by atoms with Crippen molar-refractivity contribution in [2.24, 2.45) is 0 Å². The average molecular weight is 219 g/mol. The van der Waals surface area contributed by atoms with Crippen LogP contribution in [0.5, 0.6) is 5.75 Å². The summed E-state index contributed by atoms with van der Waals surface area (Å²) in [5, 5.41) is 3.52. The van der Waals surface area contributed by atoms with Crippen LogP contribution in [0, 0.1) is 6.92 Å². The number of rotatable bonds is 5. The van der Waals surface area contributed by atoms with E-state index in [-0.39, 0.29) is 0 Å². The Morgan fingerprint density at radius 2 is 2.06 bits per heavy atom. The van der Waals surface area contributed by atoms with E-state index in [9.17, 15) is 0 Å². The molecule has 0 radical (unpaired) electrons. The number of para-hydroxylation sites is 1. The van der Waals surface area contributed by atoms with Gasteiger partial charge < -0.3 is 10.1 Å². The summed E-state index contributed by atoms with van der Waals surface area (Å²) in [5.74, 6) is 1.04. The molecule has 2 heteroatoms. The van der Waals surface area contributed by atoms with E-state index in [2.05, 4.69) is 37.4 Å². The molecule has 0 aliphatic heterocycles. The number of nitrogens with one attached hydrogen (secondary N) is 1. The molecule has 0 unspecified atom stereocenters. The first-order valence-electron chi connectivity index (χ1n) is 6.25. The highest BCUT2D eigenvalue weighted by Gasteiger charge is 2.30. The lowest BCUT2D eigenvalue weighted by molar-refractivity contribution is 0.0846. The summed E-state index contributed by atoms with van der Waals surface area (Å²) in [6, 6.07) is 8.92. The van der Waals surface area contributed by atoms with Crippen molar-refractivity contribution >= 4 is 0 Å². The van der Waals surface area contributed by atoms with Gasteiger partial charge in [0.2, 0.25) is 0 Å². The molecule has 0 spiro atoms. The van der Waals surface area contributed by atoms with Gasteiger partial charge in [-0.3, -0.25) is 0 Å². The van der Waals surface area contributed by atoms with Crippen molar-refractivity contribution in [2.75, 3.05) is 6.54 Å². The van der Waals surface area contributed by atoms with Crippen LogP contribution in [0.25, 0.3) is 0 Å². The third-order valence-electron chi connectivity index (χ3n) is 3.17. The topological polar surface area (TPSA) is 21.3 Å². The molecule has 2 nitrogen and oxygen atoms in total. The fourth-order valence-corrected chi connectivity index (χ4v) is 2.05. The summed E-state index contributed by atoms with van der Waals surface area (Å²) in [6.45, 7) is 5.43. The van der Waals surface area contributed by atoms with Gasteiger partial charge in [0.25, 0.3) is 0 Å². The molecule has 0 heterocycles. The third kappa shape index (κ3) is 2.76. The summed E-state index contributed by atoms with van der Waals surface area (Å²) >= 11 is 0. The number of aryl methyl sites for hydroxylation is 1. The SMILES string of the molecule is CCCNC1CC(Oc2ccccc2C)C1. The van der Waals surface area contributed by atoms with Crippen molar-refractivity contribution in [1.82, 2.24) is 5.32 Å². The minimum atomic E-state index is 0.412. The van der Waals surface area contributed by atoms with Crippen molar-refractivity contribution in [3.05, 3.63) is 29.8 Å². The number of ether oxygens (including phenoxy) is 1. The fourth-order valence-electron chi connectivity index (χ4n) is 2.05. The van der Waals surface area contributed by atoms with Crippen molar-refractivity contribution < 1.29 is 4.74 Å². The van der Waals surface area contributed by atoms with Crippen molar-refractivity contribution in [1.29, 1.82) is 0 Å². The van der Waals surface area contributed by atoms with Gasteiger partial charge in [0.15, 0.2) is 0 Å². The van der Waals surface area contributed by atoms with Gasteiger partial charge in [-0.1, -0.05) is 25.1 Å². The molecule has 0 amide bonds. The average Bonchev–Trinajstić information content (AvgIpc) is 2.24. The summed E-state index contributed by atoms with van der Waals surface area (Å²) in [7, 11) is 0. The molecule has 1 N–H and O–H groups in total. The number of hydrogen-bond donors (Lipinski definition) is 1. The maximum Gasteiger partial charge on any atom is 0.122 e. The molecule has 0 saturated heterocycles. The second-order valence-electron chi connectivity index (χ2n) is 4.63. The Labute approximate surface area is 98.0 Å². The highest BCUT2D eigenvalue weighted by Crippen LogP contribution is 2.27. The highest BCUT2D eigenvalue weighted by molar-refractivity contribution is 5.32. The Hall–Kier alpha value is -1.02. The molecule has 1 aromatic rings. The van der Waals surface area contributed by atoms with Crippen LogP contribution in [0.4, 0.5) is 0 Å². The third-order valence-corrected chi connectivity index (χ3v) is 3.17. The minimum absolute atomic E-state index is 0.412. The number of benzene rings is 1. The molecule has 1 aliphatic rings. The van der Waals surface area contributed by atoms with E-state index in [1.165, 1.54) is 12.0 Å². The van der Waals surface area contributed by atoms with Gasteiger partial charge in [-0.25, -0.2) is 0 Å². The zero-order valence-corrected chi connectivity index (χ0v) is 10.2. The van der Waals surface area contributed by atoms with Crippen LogP contribution in [0.2, 0.25) is 0 Å². The minimum Gasteiger partial charge on any atom is -0.490 e. The molecule has 88 valence electrons. The lowest BCUT2D eigenvalue weighted by Crippen LogP contribution is -2.47. The van der Waals surface area contributed by atoms with Gasteiger partial charge in [-0.2, -0.15) is 0 Å². The molecular weight excluding hydrogens is 198 g/mol. The zero-order valence-electron chi connectivity index (χ0n) is 10.2. The lowest BCUT2D eigenvalue weighted by Gasteiger charge is -2.36. The van der Waals surface area contributed by atoms with E-state index in [1.807, 2.05) is 6.07 Å².